The Morgan fingerprint density at radius 1 is 1.11 bits per heavy atom. The second-order valence-electron chi connectivity index (χ2n) is 7.29. The van der Waals surface area contributed by atoms with E-state index in [2.05, 4.69) is 35.2 Å². The van der Waals surface area contributed by atoms with Gasteiger partial charge in [-0.05, 0) is 54.8 Å². The predicted molar refractivity (Wildman–Crippen MR) is 115 cm³/mol. The van der Waals surface area contributed by atoms with Crippen LogP contribution < -0.4 is 15.0 Å². The molecule has 3 heterocycles. The van der Waals surface area contributed by atoms with Crippen molar-refractivity contribution in [2.75, 3.05) is 31.2 Å². The van der Waals surface area contributed by atoms with Crippen LogP contribution in [0, 0.1) is 13.8 Å². The van der Waals surface area contributed by atoms with E-state index in [1.54, 1.807) is 4.40 Å². The highest BCUT2D eigenvalue weighted by molar-refractivity contribution is 7.15. The summed E-state index contributed by atoms with van der Waals surface area (Å²) in [5.74, 6) is 0. The van der Waals surface area contributed by atoms with Gasteiger partial charge in [-0.15, -0.1) is 0 Å². The summed E-state index contributed by atoms with van der Waals surface area (Å²) in [6.45, 7) is 7.47. The number of rotatable bonds is 2. The lowest BCUT2D eigenvalue weighted by Gasteiger charge is -2.28. The molecule has 28 heavy (non-hydrogen) atoms. The molecule has 0 unspecified atom stereocenters. The lowest BCUT2D eigenvalue weighted by molar-refractivity contribution is 0.122. The van der Waals surface area contributed by atoms with E-state index in [9.17, 15) is 4.79 Å². The monoisotopic (exact) mass is 391 g/mol. The van der Waals surface area contributed by atoms with Crippen LogP contribution in [0.15, 0.2) is 41.2 Å². The van der Waals surface area contributed by atoms with Crippen molar-refractivity contribution in [1.29, 1.82) is 0 Å². The Balaban J connectivity index is 1.56. The van der Waals surface area contributed by atoms with Crippen molar-refractivity contribution in [3.63, 3.8) is 0 Å². The molecule has 2 aromatic carbocycles. The highest BCUT2D eigenvalue weighted by Gasteiger charge is 2.14. The number of anilines is 1. The number of hydrogen-bond acceptors (Lipinski definition) is 5. The third-order valence-electron chi connectivity index (χ3n) is 5.25. The summed E-state index contributed by atoms with van der Waals surface area (Å²) >= 11 is 1.45. The third-order valence-corrected chi connectivity index (χ3v) is 6.22. The minimum atomic E-state index is 0.00440. The van der Waals surface area contributed by atoms with Gasteiger partial charge >= 0.3 is 0 Å². The van der Waals surface area contributed by atoms with Crippen LogP contribution >= 0.6 is 11.3 Å². The molecule has 0 amide bonds. The molecule has 4 aromatic rings. The summed E-state index contributed by atoms with van der Waals surface area (Å²) in [7, 11) is 0. The van der Waals surface area contributed by atoms with E-state index in [4.69, 9.17) is 9.72 Å². The summed E-state index contributed by atoms with van der Waals surface area (Å²) < 4.78 is 7.87. The molecule has 0 aliphatic carbocycles. The number of nitrogens with zero attached hydrogens (tertiary/aromatic N) is 3. The van der Waals surface area contributed by atoms with Gasteiger partial charge in [0.2, 0.25) is 0 Å². The molecule has 5 rings (SSSR count). The van der Waals surface area contributed by atoms with E-state index in [-0.39, 0.29) is 5.56 Å². The van der Waals surface area contributed by atoms with E-state index in [1.165, 1.54) is 17.0 Å². The average molecular weight is 391 g/mol. The van der Waals surface area contributed by atoms with Gasteiger partial charge in [-0.25, -0.2) is 9.38 Å². The number of aryl methyl sites for hydroxylation is 2. The molecule has 1 aliphatic rings. The van der Waals surface area contributed by atoms with Gasteiger partial charge in [-0.3, -0.25) is 4.79 Å². The first-order valence-electron chi connectivity index (χ1n) is 9.47. The Morgan fingerprint density at radius 2 is 1.86 bits per heavy atom. The maximum Gasteiger partial charge on any atom is 0.274 e. The number of benzene rings is 2. The van der Waals surface area contributed by atoms with Crippen LogP contribution in [-0.4, -0.2) is 35.7 Å². The van der Waals surface area contributed by atoms with Crippen LogP contribution in [0.2, 0.25) is 0 Å². The summed E-state index contributed by atoms with van der Waals surface area (Å²) in [6.07, 6.45) is 1.96. The van der Waals surface area contributed by atoms with Gasteiger partial charge < -0.3 is 9.64 Å². The smallest absolute Gasteiger partial charge is 0.274 e. The van der Waals surface area contributed by atoms with Gasteiger partial charge in [0.1, 0.15) is 0 Å². The highest BCUT2D eigenvalue weighted by Crippen LogP contribution is 2.22. The van der Waals surface area contributed by atoms with Crippen LogP contribution in [0.4, 0.5) is 5.69 Å². The van der Waals surface area contributed by atoms with Crippen molar-refractivity contribution < 1.29 is 4.74 Å². The third kappa shape index (κ3) is 2.89. The molecule has 6 heteroatoms. The van der Waals surface area contributed by atoms with Gasteiger partial charge in [0.15, 0.2) is 4.96 Å². The molecule has 0 spiro atoms. The fourth-order valence-electron chi connectivity index (χ4n) is 3.86. The topological polar surface area (TPSA) is 46.8 Å². The van der Waals surface area contributed by atoms with Gasteiger partial charge in [0.05, 0.1) is 28.8 Å². The van der Waals surface area contributed by atoms with Crippen molar-refractivity contribution in [1.82, 2.24) is 9.38 Å². The lowest BCUT2D eigenvalue weighted by atomic mass is 10.1. The van der Waals surface area contributed by atoms with Crippen molar-refractivity contribution in [2.24, 2.45) is 0 Å². The molecular weight excluding hydrogens is 370 g/mol. The first kappa shape index (κ1) is 17.4. The van der Waals surface area contributed by atoms with Crippen LogP contribution in [0.25, 0.3) is 22.1 Å². The van der Waals surface area contributed by atoms with E-state index in [0.29, 0.717) is 4.53 Å². The number of hydrogen-bond donors (Lipinski definition) is 0. The molecule has 0 N–H and O–H groups in total. The zero-order chi connectivity index (χ0) is 19.3. The molecule has 2 aromatic heterocycles. The normalized spacial score (nSPS) is 15.8. The van der Waals surface area contributed by atoms with Crippen LogP contribution in [0.3, 0.4) is 0 Å². The Kier molecular flexibility index (Phi) is 4.18. The van der Waals surface area contributed by atoms with E-state index >= 15 is 0 Å². The fourth-order valence-corrected chi connectivity index (χ4v) is 4.84. The van der Waals surface area contributed by atoms with Gasteiger partial charge in [0, 0.05) is 18.8 Å². The zero-order valence-electron chi connectivity index (χ0n) is 15.9. The SMILES string of the molecule is Cc1cc(C)c2nc3sc(=Cc4ccc(N5CCOCC5)cc4)c(=O)n3c2c1. The number of thiazole rings is 1. The number of morpholine rings is 1. The molecule has 0 bridgehead atoms. The van der Waals surface area contributed by atoms with Gasteiger partial charge in [-0.2, -0.15) is 0 Å². The van der Waals surface area contributed by atoms with E-state index in [0.717, 1.165) is 59.0 Å². The van der Waals surface area contributed by atoms with Gasteiger partial charge in [0.25, 0.3) is 5.56 Å². The summed E-state index contributed by atoms with van der Waals surface area (Å²) in [6, 6.07) is 12.5. The molecule has 142 valence electrons. The van der Waals surface area contributed by atoms with Crippen molar-refractivity contribution >= 4 is 39.1 Å². The lowest BCUT2D eigenvalue weighted by Crippen LogP contribution is -2.36. The summed E-state index contributed by atoms with van der Waals surface area (Å²) in [4.78, 5) is 20.8. The van der Waals surface area contributed by atoms with Crippen molar-refractivity contribution in [3.05, 3.63) is 68.0 Å². The van der Waals surface area contributed by atoms with Crippen LogP contribution in [-0.2, 0) is 4.74 Å². The Labute approximate surface area is 166 Å². The van der Waals surface area contributed by atoms with Crippen LogP contribution in [0.1, 0.15) is 16.7 Å². The Bertz CT molecular complexity index is 1280. The average Bonchev–Trinajstić information content (AvgIpc) is 3.20. The molecule has 1 saturated heterocycles. The molecular formula is C22H21N3O2S. The molecule has 1 fully saturated rings. The van der Waals surface area contributed by atoms with Crippen molar-refractivity contribution in [2.45, 2.75) is 13.8 Å². The summed E-state index contributed by atoms with van der Waals surface area (Å²) in [5, 5.41) is 0. The minimum Gasteiger partial charge on any atom is -0.378 e. The van der Waals surface area contributed by atoms with E-state index < -0.39 is 0 Å². The Morgan fingerprint density at radius 3 is 2.61 bits per heavy atom. The summed E-state index contributed by atoms with van der Waals surface area (Å²) in [5.41, 5.74) is 6.28. The minimum absolute atomic E-state index is 0.00440. The maximum atomic E-state index is 13.0. The Hall–Kier alpha value is -2.70. The van der Waals surface area contributed by atoms with Gasteiger partial charge in [-0.1, -0.05) is 29.5 Å². The fraction of sp³-hybridized carbons (Fsp3) is 0.273. The van der Waals surface area contributed by atoms with E-state index in [1.807, 2.05) is 26.0 Å². The molecule has 5 nitrogen and oxygen atoms in total. The quantitative estimate of drug-likeness (QED) is 0.527. The number of aromatic nitrogens is 2. The molecule has 1 aliphatic heterocycles. The molecule has 0 atom stereocenters. The largest absolute Gasteiger partial charge is 0.378 e. The first-order chi connectivity index (χ1) is 13.6. The van der Waals surface area contributed by atoms with Crippen LogP contribution in [0.5, 0.6) is 0 Å². The maximum absolute atomic E-state index is 13.0. The number of imidazole rings is 1. The second kappa shape index (κ2) is 6.72. The second-order valence-corrected chi connectivity index (χ2v) is 8.30. The highest BCUT2D eigenvalue weighted by atomic mass is 32.1. The number of fused-ring (bicyclic) bond motifs is 3. The van der Waals surface area contributed by atoms with Crippen molar-refractivity contribution in [3.8, 4) is 0 Å². The molecule has 0 saturated carbocycles. The standard InChI is InChI=1S/C22H21N3O2S/c1-14-11-15(2)20-18(12-14)25-21(26)19(28-22(25)23-20)13-16-3-5-17(6-4-16)24-7-9-27-10-8-24/h3-6,11-13H,7-10H2,1-2H3. The zero-order valence-corrected chi connectivity index (χ0v) is 16.8. The molecule has 0 radical (unpaired) electrons. The first-order valence-corrected chi connectivity index (χ1v) is 10.3. The number of ether oxygens (including phenoxy) is 1. The predicted octanol–water partition coefficient (Wildman–Crippen LogP) is 2.91.